The molecular weight excluding hydrogens is 416 g/mol. The lowest BCUT2D eigenvalue weighted by Gasteiger charge is -2.53. The van der Waals surface area contributed by atoms with Crippen molar-refractivity contribution < 1.29 is 42.1 Å². The lowest BCUT2D eigenvalue weighted by Crippen LogP contribution is -2.65. The van der Waals surface area contributed by atoms with Gasteiger partial charge in [-0.25, -0.2) is 13.2 Å². The summed E-state index contributed by atoms with van der Waals surface area (Å²) < 4.78 is 47.2. The van der Waals surface area contributed by atoms with Crippen LogP contribution in [-0.2, 0) is 38.4 Å². The number of hydrogen-bond acceptors (Lipinski definition) is 9. The van der Waals surface area contributed by atoms with E-state index in [0.29, 0.717) is 12.0 Å². The predicted octanol–water partition coefficient (Wildman–Crippen LogP) is -0.490. The highest BCUT2D eigenvalue weighted by atomic mass is 32.2. The first-order valence-electron chi connectivity index (χ1n) is 10.1. The van der Waals surface area contributed by atoms with Crippen LogP contribution in [0.5, 0.6) is 0 Å². The number of ether oxygens (including phenoxy) is 4. The van der Waals surface area contributed by atoms with Gasteiger partial charge in [0.15, 0.2) is 11.7 Å². The predicted molar refractivity (Wildman–Crippen MR) is 98.8 cm³/mol. The van der Waals surface area contributed by atoms with Crippen LogP contribution in [0.4, 0.5) is 0 Å². The fourth-order valence-corrected chi connectivity index (χ4v) is 8.53. The molecule has 2 saturated carbocycles. The Morgan fingerprint density at radius 2 is 1.93 bits per heavy atom. The normalized spacial score (nSPS) is 54.4. The number of rotatable bonds is 3. The fourth-order valence-electron chi connectivity index (χ4n) is 7.32. The van der Waals surface area contributed by atoms with Crippen LogP contribution in [0.15, 0.2) is 11.6 Å². The van der Waals surface area contributed by atoms with Crippen molar-refractivity contribution >= 4 is 21.8 Å². The average Bonchev–Trinajstić information content (AvgIpc) is 3.47. The lowest BCUT2D eigenvalue weighted by molar-refractivity contribution is -0.168. The van der Waals surface area contributed by atoms with E-state index in [4.69, 9.17) is 18.9 Å². The summed E-state index contributed by atoms with van der Waals surface area (Å²) in [7, 11) is -3.59. The van der Waals surface area contributed by atoms with E-state index >= 15 is 0 Å². The Labute approximate surface area is 173 Å². The van der Waals surface area contributed by atoms with E-state index in [9.17, 15) is 23.1 Å². The van der Waals surface area contributed by atoms with E-state index in [1.165, 1.54) is 13.0 Å². The Morgan fingerprint density at radius 1 is 1.23 bits per heavy atom. The molecule has 0 bridgehead atoms. The van der Waals surface area contributed by atoms with E-state index in [0.717, 1.165) is 6.26 Å². The van der Waals surface area contributed by atoms with Gasteiger partial charge in [0.2, 0.25) is 0 Å². The monoisotopic (exact) mass is 440 g/mol. The van der Waals surface area contributed by atoms with Crippen LogP contribution in [0.2, 0.25) is 0 Å². The van der Waals surface area contributed by atoms with E-state index in [1.807, 2.05) is 13.8 Å². The second-order valence-electron chi connectivity index (χ2n) is 10.5. The molecule has 2 aliphatic carbocycles. The second kappa shape index (κ2) is 4.95. The van der Waals surface area contributed by atoms with Crippen molar-refractivity contribution in [1.29, 1.82) is 0 Å². The summed E-state index contributed by atoms with van der Waals surface area (Å²) in [4.78, 5) is 25.5. The summed E-state index contributed by atoms with van der Waals surface area (Å²) in [5.41, 5.74) is -3.96. The highest BCUT2D eigenvalue weighted by Gasteiger charge is 2.87. The van der Waals surface area contributed by atoms with E-state index < -0.39 is 61.9 Å². The van der Waals surface area contributed by atoms with Gasteiger partial charge < -0.3 is 24.1 Å². The van der Waals surface area contributed by atoms with Gasteiger partial charge in [0.05, 0.1) is 11.9 Å². The minimum atomic E-state index is -3.59. The molecule has 1 spiro atoms. The number of aliphatic hydroxyl groups is 1. The molecule has 9 nitrogen and oxygen atoms in total. The summed E-state index contributed by atoms with van der Waals surface area (Å²) in [6.45, 7) is 5.17. The van der Waals surface area contributed by atoms with Gasteiger partial charge in [0.25, 0.3) is 0 Å². The number of fused-ring (bicyclic) bond motifs is 4. The molecule has 164 valence electrons. The molecule has 4 aliphatic heterocycles. The van der Waals surface area contributed by atoms with Crippen LogP contribution < -0.4 is 0 Å². The number of carbonyl (C=O) groups is 2. The minimum Gasteiger partial charge on any atom is -0.459 e. The molecule has 1 N–H and O–H groups in total. The van der Waals surface area contributed by atoms with Crippen LogP contribution in [0.1, 0.15) is 27.2 Å². The van der Waals surface area contributed by atoms with Crippen molar-refractivity contribution in [2.24, 2.45) is 16.7 Å². The van der Waals surface area contributed by atoms with Crippen LogP contribution in [-0.4, -0.2) is 79.2 Å². The Kier molecular flexibility index (Phi) is 3.17. The number of carbonyl (C=O) groups excluding carboxylic acids is 2. The largest absolute Gasteiger partial charge is 0.459 e. The van der Waals surface area contributed by atoms with Crippen molar-refractivity contribution in [3.8, 4) is 0 Å². The lowest BCUT2D eigenvalue weighted by atomic mass is 9.47. The summed E-state index contributed by atoms with van der Waals surface area (Å²) in [6, 6.07) is 0. The summed E-state index contributed by atoms with van der Waals surface area (Å²) >= 11 is 0. The van der Waals surface area contributed by atoms with Crippen molar-refractivity contribution in [1.82, 2.24) is 0 Å². The molecule has 4 heterocycles. The van der Waals surface area contributed by atoms with Crippen molar-refractivity contribution in [2.45, 2.75) is 68.9 Å². The Hall–Kier alpha value is -1.49. The summed E-state index contributed by atoms with van der Waals surface area (Å²) in [6.07, 6.45) is 0.231. The third kappa shape index (κ3) is 2.02. The smallest absolute Gasteiger partial charge is 0.331 e. The highest BCUT2D eigenvalue weighted by Crippen LogP contribution is 2.75. The molecule has 0 unspecified atom stereocenters. The van der Waals surface area contributed by atoms with Gasteiger partial charge in [-0.1, -0.05) is 6.92 Å². The van der Waals surface area contributed by atoms with Gasteiger partial charge >= 0.3 is 11.9 Å². The Balaban J connectivity index is 1.51. The summed E-state index contributed by atoms with van der Waals surface area (Å²) in [5.74, 6) is -1.85. The van der Waals surface area contributed by atoms with Crippen molar-refractivity contribution in [3.05, 3.63) is 11.6 Å². The third-order valence-corrected chi connectivity index (χ3v) is 9.28. The van der Waals surface area contributed by atoms with Gasteiger partial charge in [-0.05, 0) is 25.8 Å². The Bertz CT molecular complexity index is 1050. The molecule has 3 saturated heterocycles. The number of esters is 2. The zero-order chi connectivity index (χ0) is 21.6. The first kappa shape index (κ1) is 19.2. The topological polar surface area (TPSA) is 132 Å². The minimum absolute atomic E-state index is 0.122. The van der Waals surface area contributed by atoms with Gasteiger partial charge in [-0.2, -0.15) is 0 Å². The number of hydrogen-bond donors (Lipinski definition) is 1. The molecular formula is C20H24O9S. The molecule has 5 fully saturated rings. The van der Waals surface area contributed by atoms with E-state index in [-0.39, 0.29) is 24.1 Å². The van der Waals surface area contributed by atoms with Crippen molar-refractivity contribution in [3.63, 3.8) is 0 Å². The van der Waals surface area contributed by atoms with Gasteiger partial charge in [0, 0.05) is 23.7 Å². The molecule has 10 atom stereocenters. The van der Waals surface area contributed by atoms with Crippen LogP contribution >= 0.6 is 0 Å². The fraction of sp³-hybridized carbons (Fsp3) is 0.800. The molecule has 0 amide bonds. The zero-order valence-corrected chi connectivity index (χ0v) is 17.9. The number of sulfone groups is 1. The maximum Gasteiger partial charge on any atom is 0.331 e. The Morgan fingerprint density at radius 3 is 2.60 bits per heavy atom. The third-order valence-electron chi connectivity index (χ3n) is 8.17. The molecule has 30 heavy (non-hydrogen) atoms. The molecule has 0 aromatic heterocycles. The standard InChI is InChI=1S/C20H24O9S/c1-17-6-8-13(26-8)19(3)12(17)11(28-16(19)22)14-20(29-14)9(17)5-10(21)27-15(20)18(2,23)7-30(4,24)25/h5,8,11-15,23H,6-7H2,1-4H3/t8-,11-,12+,13-,14+,15+,17+,18-,19+,20-/m0/s1. The van der Waals surface area contributed by atoms with Gasteiger partial charge in [-0.3, -0.25) is 4.79 Å². The van der Waals surface area contributed by atoms with E-state index in [2.05, 4.69) is 0 Å². The second-order valence-corrected chi connectivity index (χ2v) is 12.6. The number of epoxide rings is 2. The molecule has 0 radical (unpaired) electrons. The molecule has 10 heteroatoms. The quantitative estimate of drug-likeness (QED) is 0.456. The maximum atomic E-state index is 12.9. The van der Waals surface area contributed by atoms with Crippen LogP contribution in [0, 0.1) is 16.7 Å². The maximum absolute atomic E-state index is 12.9. The van der Waals surface area contributed by atoms with E-state index in [1.54, 1.807) is 0 Å². The molecule has 6 rings (SSSR count). The molecule has 6 aliphatic rings. The molecule has 0 aromatic rings. The average molecular weight is 440 g/mol. The first-order chi connectivity index (χ1) is 13.7. The highest BCUT2D eigenvalue weighted by molar-refractivity contribution is 7.90. The van der Waals surface area contributed by atoms with Gasteiger partial charge in [-0.15, -0.1) is 0 Å². The first-order valence-corrected chi connectivity index (χ1v) is 12.2. The summed E-state index contributed by atoms with van der Waals surface area (Å²) in [5, 5.41) is 11.1. The number of cyclic esters (lactones) is 1. The van der Waals surface area contributed by atoms with Crippen LogP contribution in [0.3, 0.4) is 0 Å². The van der Waals surface area contributed by atoms with Gasteiger partial charge in [0.1, 0.15) is 39.2 Å². The zero-order valence-electron chi connectivity index (χ0n) is 17.1. The molecule has 0 aromatic carbocycles. The van der Waals surface area contributed by atoms with Crippen molar-refractivity contribution in [2.75, 3.05) is 12.0 Å². The van der Waals surface area contributed by atoms with Crippen LogP contribution in [0.25, 0.3) is 0 Å². The SMILES string of the molecule is C[C@]12C(=O)O[C@@H]3[C@H]4O[C@@]45C(=CC(=O)O[C@@H]5[C@@](C)(O)CS(C)(=O)=O)[C@@](C)(C[C@@H]4O[C@@H]41)[C@@H]32.